The molecule has 1 aliphatic carbocycles. The van der Waals surface area contributed by atoms with Crippen LogP contribution in [0.4, 0.5) is 11.4 Å². The van der Waals surface area contributed by atoms with E-state index in [1.807, 2.05) is 42.5 Å². The Balaban J connectivity index is 1.30. The van der Waals surface area contributed by atoms with Gasteiger partial charge in [0.2, 0.25) is 5.91 Å². The quantitative estimate of drug-likeness (QED) is 0.547. The Morgan fingerprint density at radius 3 is 2.37 bits per heavy atom. The maximum Gasteiger partial charge on any atom is 0.251 e. The molecule has 154 valence electrons. The molecule has 3 aromatic rings. The molecule has 0 atom stereocenters. The molecule has 0 saturated heterocycles. The van der Waals surface area contributed by atoms with Gasteiger partial charge >= 0.3 is 0 Å². The molecule has 0 unspecified atom stereocenters. The Bertz CT molecular complexity index is 1020. The maximum atomic E-state index is 12.4. The molecule has 1 fully saturated rings. The first kappa shape index (κ1) is 20.0. The molecule has 0 aromatic heterocycles. The first-order valence-corrected chi connectivity index (χ1v) is 10.6. The first-order chi connectivity index (χ1) is 14.7. The molecule has 30 heavy (non-hydrogen) atoms. The van der Waals surface area contributed by atoms with E-state index in [4.69, 9.17) is 0 Å². The number of anilines is 2. The summed E-state index contributed by atoms with van der Waals surface area (Å²) in [5.41, 5.74) is 2.22. The lowest BCUT2D eigenvalue weighted by molar-refractivity contribution is -0.114. The van der Waals surface area contributed by atoms with Crippen LogP contribution in [0.1, 0.15) is 42.5 Å². The van der Waals surface area contributed by atoms with E-state index < -0.39 is 0 Å². The lowest BCUT2D eigenvalue weighted by atomic mass is 9.95. The maximum absolute atomic E-state index is 12.4. The summed E-state index contributed by atoms with van der Waals surface area (Å²) in [6.07, 6.45) is 5.74. The Morgan fingerprint density at radius 1 is 0.833 bits per heavy atom. The molecule has 0 spiro atoms. The minimum Gasteiger partial charge on any atom is -0.376 e. The second-order valence-electron chi connectivity index (χ2n) is 7.81. The second-order valence-corrected chi connectivity index (χ2v) is 7.81. The van der Waals surface area contributed by atoms with E-state index in [0.29, 0.717) is 11.3 Å². The third kappa shape index (κ3) is 4.98. The number of carbonyl (C=O) groups is 2. The molecule has 5 heteroatoms. The summed E-state index contributed by atoms with van der Waals surface area (Å²) in [5.74, 6) is -0.181. The van der Waals surface area contributed by atoms with Crippen molar-refractivity contribution in [2.45, 2.75) is 38.1 Å². The van der Waals surface area contributed by atoms with Crippen LogP contribution in [0.5, 0.6) is 0 Å². The molecule has 2 amide bonds. The van der Waals surface area contributed by atoms with Gasteiger partial charge in [-0.15, -0.1) is 0 Å². The van der Waals surface area contributed by atoms with Crippen molar-refractivity contribution >= 4 is 34.0 Å². The molecule has 0 heterocycles. The van der Waals surface area contributed by atoms with Gasteiger partial charge in [0.05, 0.1) is 6.54 Å². The summed E-state index contributed by atoms with van der Waals surface area (Å²) in [6.45, 7) is 0.165. The van der Waals surface area contributed by atoms with Crippen LogP contribution in [0.15, 0.2) is 66.7 Å². The number of hydrogen-bond donors (Lipinski definition) is 3. The van der Waals surface area contributed by atoms with Crippen LogP contribution < -0.4 is 16.0 Å². The van der Waals surface area contributed by atoms with Gasteiger partial charge in [0, 0.05) is 28.4 Å². The van der Waals surface area contributed by atoms with Crippen LogP contribution in [0.2, 0.25) is 0 Å². The van der Waals surface area contributed by atoms with Crippen molar-refractivity contribution in [1.82, 2.24) is 5.32 Å². The highest BCUT2D eigenvalue weighted by Gasteiger charge is 2.16. The molecule has 1 aliphatic rings. The van der Waals surface area contributed by atoms with Gasteiger partial charge in [-0.2, -0.15) is 0 Å². The standard InChI is InChI=1S/C25H27N3O2/c29-24(17-26-23-12-6-8-18-7-4-5-11-22(18)23)27-21-15-13-19(14-16-21)25(30)28-20-9-2-1-3-10-20/h4-8,11-16,20,26H,1-3,9-10,17H2,(H,27,29)(H,28,30). The Morgan fingerprint density at radius 2 is 1.57 bits per heavy atom. The molecule has 0 bridgehead atoms. The fourth-order valence-electron chi connectivity index (χ4n) is 3.98. The van der Waals surface area contributed by atoms with E-state index in [1.165, 1.54) is 19.3 Å². The Hall–Kier alpha value is -3.34. The van der Waals surface area contributed by atoms with E-state index in [-0.39, 0.29) is 24.4 Å². The van der Waals surface area contributed by atoms with Crippen molar-refractivity contribution in [2.24, 2.45) is 0 Å². The number of nitrogens with one attached hydrogen (secondary N) is 3. The van der Waals surface area contributed by atoms with E-state index in [0.717, 1.165) is 29.3 Å². The number of fused-ring (bicyclic) bond motifs is 1. The number of carbonyl (C=O) groups excluding carboxylic acids is 2. The second kappa shape index (κ2) is 9.44. The first-order valence-electron chi connectivity index (χ1n) is 10.6. The van der Waals surface area contributed by atoms with Crippen molar-refractivity contribution in [3.63, 3.8) is 0 Å². The molecule has 5 nitrogen and oxygen atoms in total. The summed E-state index contributed by atoms with van der Waals surface area (Å²) in [7, 11) is 0. The predicted octanol–water partition coefficient (Wildman–Crippen LogP) is 4.95. The molecular weight excluding hydrogens is 374 g/mol. The largest absolute Gasteiger partial charge is 0.376 e. The van der Waals surface area contributed by atoms with E-state index in [2.05, 4.69) is 16.0 Å². The van der Waals surface area contributed by atoms with Crippen molar-refractivity contribution < 1.29 is 9.59 Å². The third-order valence-electron chi connectivity index (χ3n) is 5.60. The molecule has 0 aliphatic heterocycles. The van der Waals surface area contributed by atoms with Gasteiger partial charge in [-0.25, -0.2) is 0 Å². The SMILES string of the molecule is O=C(CNc1cccc2ccccc12)Nc1ccc(C(=O)NC2CCCCC2)cc1. The zero-order valence-corrected chi connectivity index (χ0v) is 17.0. The Labute approximate surface area is 176 Å². The smallest absolute Gasteiger partial charge is 0.251 e. The summed E-state index contributed by atoms with van der Waals surface area (Å²) in [5, 5.41) is 11.4. The molecular formula is C25H27N3O2. The van der Waals surface area contributed by atoms with Gasteiger partial charge in [0.1, 0.15) is 0 Å². The lowest BCUT2D eigenvalue weighted by Crippen LogP contribution is -2.36. The summed E-state index contributed by atoms with van der Waals surface area (Å²) < 4.78 is 0. The minimum atomic E-state index is -0.137. The number of amides is 2. The van der Waals surface area contributed by atoms with E-state index >= 15 is 0 Å². The molecule has 1 saturated carbocycles. The topological polar surface area (TPSA) is 70.2 Å². The van der Waals surface area contributed by atoms with Gasteiger partial charge in [-0.1, -0.05) is 55.7 Å². The normalized spacial score (nSPS) is 14.3. The van der Waals surface area contributed by atoms with Crippen LogP contribution >= 0.6 is 0 Å². The Kier molecular flexibility index (Phi) is 6.28. The van der Waals surface area contributed by atoms with E-state index in [1.54, 1.807) is 24.3 Å². The van der Waals surface area contributed by atoms with Crippen LogP contribution in [-0.2, 0) is 4.79 Å². The molecule has 3 aromatic carbocycles. The van der Waals surface area contributed by atoms with Gasteiger partial charge in [0.15, 0.2) is 0 Å². The highest BCUT2D eigenvalue weighted by molar-refractivity contribution is 5.99. The van der Waals surface area contributed by atoms with Crippen LogP contribution in [0, 0.1) is 0 Å². The van der Waals surface area contributed by atoms with Gasteiger partial charge < -0.3 is 16.0 Å². The van der Waals surface area contributed by atoms with Crippen LogP contribution in [0.3, 0.4) is 0 Å². The summed E-state index contributed by atoms with van der Waals surface area (Å²) in [4.78, 5) is 24.8. The average Bonchev–Trinajstić information content (AvgIpc) is 2.79. The monoisotopic (exact) mass is 401 g/mol. The zero-order valence-electron chi connectivity index (χ0n) is 17.0. The van der Waals surface area contributed by atoms with Gasteiger partial charge in [-0.05, 0) is 48.6 Å². The number of rotatable bonds is 6. The number of benzene rings is 3. The van der Waals surface area contributed by atoms with Gasteiger partial charge in [0.25, 0.3) is 5.91 Å². The summed E-state index contributed by atoms with van der Waals surface area (Å²) in [6, 6.07) is 21.4. The summed E-state index contributed by atoms with van der Waals surface area (Å²) >= 11 is 0. The zero-order chi connectivity index (χ0) is 20.8. The average molecular weight is 402 g/mol. The molecule has 4 rings (SSSR count). The van der Waals surface area contributed by atoms with Crippen molar-refractivity contribution in [1.29, 1.82) is 0 Å². The fourth-order valence-corrected chi connectivity index (χ4v) is 3.98. The fraction of sp³-hybridized carbons (Fsp3) is 0.280. The van der Waals surface area contributed by atoms with Crippen molar-refractivity contribution in [3.05, 3.63) is 72.3 Å². The minimum absolute atomic E-state index is 0.0441. The lowest BCUT2D eigenvalue weighted by Gasteiger charge is -2.22. The predicted molar refractivity (Wildman–Crippen MR) is 122 cm³/mol. The highest BCUT2D eigenvalue weighted by Crippen LogP contribution is 2.23. The molecule has 0 radical (unpaired) electrons. The van der Waals surface area contributed by atoms with Crippen LogP contribution in [-0.4, -0.2) is 24.4 Å². The van der Waals surface area contributed by atoms with Crippen LogP contribution in [0.25, 0.3) is 10.8 Å². The van der Waals surface area contributed by atoms with Gasteiger partial charge in [-0.3, -0.25) is 9.59 Å². The highest BCUT2D eigenvalue weighted by atomic mass is 16.2. The van der Waals surface area contributed by atoms with Crippen molar-refractivity contribution in [3.8, 4) is 0 Å². The molecule has 3 N–H and O–H groups in total. The third-order valence-corrected chi connectivity index (χ3v) is 5.60. The van der Waals surface area contributed by atoms with Crippen molar-refractivity contribution in [2.75, 3.05) is 17.2 Å². The number of hydrogen-bond acceptors (Lipinski definition) is 3. The van der Waals surface area contributed by atoms with E-state index in [9.17, 15) is 9.59 Å².